The molecule has 1 aromatic carbocycles. The van der Waals surface area contributed by atoms with Gasteiger partial charge in [0.25, 0.3) is 0 Å². The van der Waals surface area contributed by atoms with Gasteiger partial charge in [0.2, 0.25) is 0 Å². The maximum absolute atomic E-state index is 10.8. The van der Waals surface area contributed by atoms with Crippen molar-refractivity contribution in [2.75, 3.05) is 0 Å². The first-order valence-electron chi connectivity index (χ1n) is 8.72. The average Bonchev–Trinajstić information content (AvgIpc) is 2.57. The molecule has 0 amide bonds. The van der Waals surface area contributed by atoms with Crippen LogP contribution in [0, 0.1) is 5.92 Å². The lowest BCUT2D eigenvalue weighted by Gasteiger charge is -1.98. The Bertz CT molecular complexity index is 343. The third kappa shape index (κ3) is 16.9. The van der Waals surface area contributed by atoms with Crippen LogP contribution < -0.4 is 0 Å². The molecule has 2 heteroatoms. The Morgan fingerprint density at radius 3 is 2.00 bits per heavy atom. The SMILES string of the molecule is CC.CC.CC(=O)c1cccc(CO)c1.CCCCC(C)C. The van der Waals surface area contributed by atoms with Gasteiger partial charge in [-0.15, -0.1) is 0 Å². The van der Waals surface area contributed by atoms with E-state index < -0.39 is 0 Å². The Morgan fingerprint density at radius 2 is 1.68 bits per heavy atom. The molecular formula is C20H38O2. The molecule has 1 aromatic rings. The summed E-state index contributed by atoms with van der Waals surface area (Å²) < 4.78 is 0. The third-order valence-electron chi connectivity index (χ3n) is 2.65. The third-order valence-corrected chi connectivity index (χ3v) is 2.65. The van der Waals surface area contributed by atoms with Crippen LogP contribution in [0.4, 0.5) is 0 Å². The molecule has 0 unspecified atom stereocenters. The van der Waals surface area contributed by atoms with E-state index in [1.165, 1.54) is 26.2 Å². The molecule has 0 saturated carbocycles. The molecule has 0 spiro atoms. The first kappa shape index (κ1) is 25.8. The van der Waals surface area contributed by atoms with Gasteiger partial charge < -0.3 is 5.11 Å². The van der Waals surface area contributed by atoms with Gasteiger partial charge in [-0.05, 0) is 24.5 Å². The van der Waals surface area contributed by atoms with Crippen LogP contribution in [-0.2, 0) is 6.61 Å². The Labute approximate surface area is 139 Å². The second-order valence-electron chi connectivity index (χ2n) is 4.95. The molecule has 2 nitrogen and oxygen atoms in total. The lowest BCUT2D eigenvalue weighted by atomic mass is 10.1. The highest BCUT2D eigenvalue weighted by atomic mass is 16.3. The summed E-state index contributed by atoms with van der Waals surface area (Å²) >= 11 is 0. The van der Waals surface area contributed by atoms with Gasteiger partial charge in [0.1, 0.15) is 0 Å². The van der Waals surface area contributed by atoms with Crippen molar-refractivity contribution >= 4 is 5.78 Å². The van der Waals surface area contributed by atoms with Crippen molar-refractivity contribution in [2.45, 2.75) is 81.3 Å². The molecule has 0 heterocycles. The van der Waals surface area contributed by atoms with E-state index >= 15 is 0 Å². The smallest absolute Gasteiger partial charge is 0.159 e. The molecular weight excluding hydrogens is 272 g/mol. The van der Waals surface area contributed by atoms with Gasteiger partial charge in [-0.25, -0.2) is 0 Å². The first-order chi connectivity index (χ1) is 10.5. The maximum atomic E-state index is 10.8. The number of aliphatic hydroxyl groups excluding tert-OH is 1. The van der Waals surface area contributed by atoms with E-state index in [4.69, 9.17) is 5.11 Å². The average molecular weight is 311 g/mol. The number of Topliss-reactive ketones (excluding diaryl/α,β-unsaturated/α-hetero) is 1. The number of carbonyl (C=O) groups excluding carboxylic acids is 1. The van der Waals surface area contributed by atoms with Crippen molar-refractivity contribution in [1.82, 2.24) is 0 Å². The van der Waals surface area contributed by atoms with Gasteiger partial charge in [0.05, 0.1) is 6.61 Å². The molecule has 0 aliphatic heterocycles. The standard InChI is InChI=1S/C9H10O2.C7H16.2C2H6/c1-7(11)9-4-2-3-8(5-9)6-10;1-4-5-6-7(2)3;2*1-2/h2-5,10H,6H2,1H3;7H,4-6H2,1-3H3;2*1-2H3. The van der Waals surface area contributed by atoms with Crippen LogP contribution >= 0.6 is 0 Å². The Balaban J connectivity index is -0.000000285. The molecule has 0 saturated heterocycles. The van der Waals surface area contributed by atoms with Gasteiger partial charge in [-0.1, -0.05) is 85.9 Å². The molecule has 22 heavy (non-hydrogen) atoms. The minimum absolute atomic E-state index is 0.0128. The number of ketones is 1. The van der Waals surface area contributed by atoms with Crippen LogP contribution in [0.3, 0.4) is 0 Å². The molecule has 1 rings (SSSR count). The number of rotatable bonds is 5. The second kappa shape index (κ2) is 19.9. The Hall–Kier alpha value is -1.15. The fourth-order valence-electron chi connectivity index (χ4n) is 1.50. The van der Waals surface area contributed by atoms with Crippen LogP contribution in [-0.4, -0.2) is 10.9 Å². The largest absolute Gasteiger partial charge is 0.392 e. The van der Waals surface area contributed by atoms with E-state index in [9.17, 15) is 4.79 Å². The zero-order valence-electron chi connectivity index (χ0n) is 16.1. The van der Waals surface area contributed by atoms with Gasteiger partial charge in [-0.2, -0.15) is 0 Å². The van der Waals surface area contributed by atoms with E-state index in [-0.39, 0.29) is 12.4 Å². The summed E-state index contributed by atoms with van der Waals surface area (Å²) in [6, 6.07) is 6.98. The highest BCUT2D eigenvalue weighted by molar-refractivity contribution is 5.94. The summed E-state index contributed by atoms with van der Waals surface area (Å²) in [5, 5.41) is 8.73. The molecule has 0 radical (unpaired) electrons. The van der Waals surface area contributed by atoms with Crippen molar-refractivity contribution in [3.63, 3.8) is 0 Å². The molecule has 1 N–H and O–H groups in total. The van der Waals surface area contributed by atoms with Crippen LogP contribution in [0.5, 0.6) is 0 Å². The number of carbonyl (C=O) groups is 1. The molecule has 130 valence electrons. The first-order valence-corrected chi connectivity index (χ1v) is 8.72. The van der Waals surface area contributed by atoms with Gasteiger partial charge >= 0.3 is 0 Å². The van der Waals surface area contributed by atoms with E-state index in [1.807, 2.05) is 27.7 Å². The highest BCUT2D eigenvalue weighted by Gasteiger charge is 1.98. The normalized spacial score (nSPS) is 8.64. The predicted octanol–water partition coefficient (Wildman–Crippen LogP) is 6.27. The summed E-state index contributed by atoms with van der Waals surface area (Å²) in [6.07, 6.45) is 4.15. The number of hydrogen-bond donors (Lipinski definition) is 1. The van der Waals surface area contributed by atoms with Crippen LogP contribution in [0.2, 0.25) is 0 Å². The number of aliphatic hydroxyl groups is 1. The summed E-state index contributed by atoms with van der Waals surface area (Å²) in [5.74, 6) is 0.931. The van der Waals surface area contributed by atoms with Gasteiger partial charge in [0.15, 0.2) is 5.78 Å². The zero-order valence-corrected chi connectivity index (χ0v) is 16.1. The lowest BCUT2D eigenvalue weighted by molar-refractivity contribution is 0.101. The topological polar surface area (TPSA) is 37.3 Å². The van der Waals surface area contributed by atoms with Crippen LogP contribution in [0.1, 0.15) is 90.6 Å². The molecule has 0 fully saturated rings. The summed E-state index contributed by atoms with van der Waals surface area (Å²) in [4.78, 5) is 10.8. The minimum atomic E-state index is -0.0128. The monoisotopic (exact) mass is 310 g/mol. The molecule has 0 aliphatic carbocycles. The van der Waals surface area contributed by atoms with Crippen molar-refractivity contribution in [2.24, 2.45) is 5.92 Å². The quantitative estimate of drug-likeness (QED) is 0.651. The Morgan fingerprint density at radius 1 is 1.14 bits per heavy atom. The second-order valence-corrected chi connectivity index (χ2v) is 4.95. The fraction of sp³-hybridized carbons (Fsp3) is 0.650. The maximum Gasteiger partial charge on any atom is 0.159 e. The van der Waals surface area contributed by atoms with E-state index in [2.05, 4.69) is 20.8 Å². The van der Waals surface area contributed by atoms with E-state index in [0.717, 1.165) is 11.5 Å². The molecule has 0 bridgehead atoms. The molecule has 0 aliphatic rings. The number of unbranched alkanes of at least 4 members (excludes halogenated alkanes) is 1. The minimum Gasteiger partial charge on any atom is -0.392 e. The summed E-state index contributed by atoms with van der Waals surface area (Å²) in [7, 11) is 0. The summed E-state index contributed by atoms with van der Waals surface area (Å²) in [5.41, 5.74) is 1.43. The molecule has 0 atom stereocenters. The number of hydrogen-bond acceptors (Lipinski definition) is 2. The van der Waals surface area contributed by atoms with E-state index in [0.29, 0.717) is 5.56 Å². The van der Waals surface area contributed by atoms with E-state index in [1.54, 1.807) is 24.3 Å². The van der Waals surface area contributed by atoms with Crippen molar-refractivity contribution in [3.05, 3.63) is 35.4 Å². The molecule has 0 aromatic heterocycles. The Kier molecular flexibility index (Phi) is 23.3. The van der Waals surface area contributed by atoms with Gasteiger partial charge in [0, 0.05) is 5.56 Å². The predicted molar refractivity (Wildman–Crippen MR) is 99.4 cm³/mol. The summed E-state index contributed by atoms with van der Waals surface area (Å²) in [6.45, 7) is 16.3. The van der Waals surface area contributed by atoms with Crippen LogP contribution in [0.25, 0.3) is 0 Å². The fourth-order valence-corrected chi connectivity index (χ4v) is 1.50. The lowest BCUT2D eigenvalue weighted by Crippen LogP contribution is -1.93. The van der Waals surface area contributed by atoms with Crippen molar-refractivity contribution < 1.29 is 9.90 Å². The van der Waals surface area contributed by atoms with Crippen molar-refractivity contribution in [1.29, 1.82) is 0 Å². The highest BCUT2D eigenvalue weighted by Crippen LogP contribution is 2.05. The zero-order chi connectivity index (χ0) is 18.0. The van der Waals surface area contributed by atoms with Gasteiger partial charge in [-0.3, -0.25) is 4.79 Å². The van der Waals surface area contributed by atoms with Crippen molar-refractivity contribution in [3.8, 4) is 0 Å². The number of benzene rings is 1. The van der Waals surface area contributed by atoms with Crippen LogP contribution in [0.15, 0.2) is 24.3 Å².